The molecule has 0 aliphatic carbocycles. The van der Waals surface area contributed by atoms with Gasteiger partial charge in [-0.1, -0.05) is 26.8 Å². The van der Waals surface area contributed by atoms with Crippen LogP contribution in [0.5, 0.6) is 0 Å². The summed E-state index contributed by atoms with van der Waals surface area (Å²) in [5, 5.41) is 8.79. The van der Waals surface area contributed by atoms with Crippen LogP contribution in [0.3, 0.4) is 0 Å². The lowest BCUT2D eigenvalue weighted by atomic mass is 10.1. The summed E-state index contributed by atoms with van der Waals surface area (Å²) in [4.78, 5) is 39.2. The zero-order valence-corrected chi connectivity index (χ0v) is 20.1. The third-order valence-corrected chi connectivity index (χ3v) is 5.26. The third kappa shape index (κ3) is 8.25. The van der Waals surface area contributed by atoms with Crippen LogP contribution < -0.4 is 16.0 Å². The molecule has 0 aliphatic heterocycles. The molecular weight excluding hydrogens is 416 g/mol. The van der Waals surface area contributed by atoms with Crippen molar-refractivity contribution in [1.29, 1.82) is 0 Å². The Balaban J connectivity index is 1.90. The monoisotopic (exact) mass is 452 g/mol. The van der Waals surface area contributed by atoms with Gasteiger partial charge in [0.2, 0.25) is 5.91 Å². The van der Waals surface area contributed by atoms with Crippen molar-refractivity contribution < 1.29 is 14.4 Å². The van der Waals surface area contributed by atoms with Gasteiger partial charge < -0.3 is 20.9 Å². The first-order valence-electron chi connectivity index (χ1n) is 11.7. The molecule has 3 N–H and O–H groups in total. The molecule has 0 saturated heterocycles. The fourth-order valence-electron chi connectivity index (χ4n) is 3.30. The van der Waals surface area contributed by atoms with E-state index >= 15 is 0 Å². The SMILES string of the molecule is CCCN(CCC)C(=O)c1ccc(NCC(=O)Nc2cccc(C(=O)NC(C)CC)c2)cc1. The molecule has 0 aliphatic rings. The summed E-state index contributed by atoms with van der Waals surface area (Å²) in [6, 6.07) is 14.1. The van der Waals surface area contributed by atoms with Crippen LogP contribution in [0.4, 0.5) is 11.4 Å². The first-order valence-corrected chi connectivity index (χ1v) is 11.7. The number of carbonyl (C=O) groups excluding carboxylic acids is 3. The first kappa shape index (κ1) is 25.9. The third-order valence-electron chi connectivity index (χ3n) is 5.26. The van der Waals surface area contributed by atoms with Crippen molar-refractivity contribution >= 4 is 29.1 Å². The second-order valence-electron chi connectivity index (χ2n) is 8.13. The number of benzene rings is 2. The topological polar surface area (TPSA) is 90.5 Å². The van der Waals surface area contributed by atoms with Gasteiger partial charge in [0.15, 0.2) is 0 Å². The average molecular weight is 453 g/mol. The van der Waals surface area contributed by atoms with E-state index < -0.39 is 0 Å². The minimum absolute atomic E-state index is 0.0280. The Morgan fingerprint density at radius 2 is 1.55 bits per heavy atom. The Bertz CT molecular complexity index is 921. The molecule has 2 aromatic carbocycles. The quantitative estimate of drug-likeness (QED) is 0.441. The number of amides is 3. The zero-order valence-electron chi connectivity index (χ0n) is 20.1. The predicted molar refractivity (Wildman–Crippen MR) is 134 cm³/mol. The molecule has 7 heteroatoms. The Morgan fingerprint density at radius 3 is 2.15 bits per heavy atom. The van der Waals surface area contributed by atoms with Crippen molar-refractivity contribution in [1.82, 2.24) is 10.2 Å². The Kier molecular flexibility index (Phi) is 10.4. The lowest BCUT2D eigenvalue weighted by molar-refractivity contribution is -0.114. The van der Waals surface area contributed by atoms with E-state index in [4.69, 9.17) is 0 Å². The second-order valence-corrected chi connectivity index (χ2v) is 8.13. The average Bonchev–Trinajstić information content (AvgIpc) is 2.82. The summed E-state index contributed by atoms with van der Waals surface area (Å²) in [7, 11) is 0. The van der Waals surface area contributed by atoms with E-state index in [0.29, 0.717) is 16.8 Å². The molecule has 2 aromatic rings. The van der Waals surface area contributed by atoms with E-state index in [9.17, 15) is 14.4 Å². The molecule has 178 valence electrons. The highest BCUT2D eigenvalue weighted by atomic mass is 16.2. The van der Waals surface area contributed by atoms with E-state index in [0.717, 1.165) is 38.0 Å². The molecule has 0 saturated carbocycles. The largest absolute Gasteiger partial charge is 0.376 e. The van der Waals surface area contributed by atoms with Crippen molar-refractivity contribution in [3.63, 3.8) is 0 Å². The Morgan fingerprint density at radius 1 is 0.879 bits per heavy atom. The summed E-state index contributed by atoms with van der Waals surface area (Å²) < 4.78 is 0. The van der Waals surface area contributed by atoms with Gasteiger partial charge in [-0.2, -0.15) is 0 Å². The van der Waals surface area contributed by atoms with Gasteiger partial charge in [-0.15, -0.1) is 0 Å². The van der Waals surface area contributed by atoms with E-state index in [-0.39, 0.29) is 30.3 Å². The minimum Gasteiger partial charge on any atom is -0.376 e. The molecular formula is C26H36N4O3. The van der Waals surface area contributed by atoms with E-state index in [1.54, 1.807) is 48.5 Å². The van der Waals surface area contributed by atoms with Crippen LogP contribution in [-0.2, 0) is 4.79 Å². The highest BCUT2D eigenvalue weighted by Gasteiger charge is 2.14. The summed E-state index contributed by atoms with van der Waals surface area (Å²) >= 11 is 0. The predicted octanol–water partition coefficient (Wildman–Crippen LogP) is 4.53. The number of anilines is 2. The van der Waals surface area contributed by atoms with Gasteiger partial charge >= 0.3 is 0 Å². The van der Waals surface area contributed by atoms with Crippen LogP contribution in [0.2, 0.25) is 0 Å². The summed E-state index contributed by atoms with van der Waals surface area (Å²) in [6.45, 7) is 9.63. The molecule has 0 spiro atoms. The summed E-state index contributed by atoms with van der Waals surface area (Å²) in [6.07, 6.45) is 2.69. The summed E-state index contributed by atoms with van der Waals surface area (Å²) in [5.74, 6) is -0.364. The number of rotatable bonds is 12. The molecule has 0 radical (unpaired) electrons. The van der Waals surface area contributed by atoms with Crippen LogP contribution in [0, 0.1) is 0 Å². The van der Waals surface area contributed by atoms with Crippen LogP contribution >= 0.6 is 0 Å². The van der Waals surface area contributed by atoms with Gasteiger partial charge in [0.25, 0.3) is 11.8 Å². The normalized spacial score (nSPS) is 11.4. The van der Waals surface area contributed by atoms with Gasteiger partial charge in [0.1, 0.15) is 0 Å². The molecule has 0 aromatic heterocycles. The zero-order chi connectivity index (χ0) is 24.2. The van der Waals surface area contributed by atoms with E-state index in [1.165, 1.54) is 0 Å². The van der Waals surface area contributed by atoms with Gasteiger partial charge in [0, 0.05) is 41.6 Å². The first-order chi connectivity index (χ1) is 15.9. The molecule has 2 rings (SSSR count). The molecule has 33 heavy (non-hydrogen) atoms. The maximum atomic E-state index is 12.7. The van der Waals surface area contributed by atoms with Gasteiger partial charge in [-0.3, -0.25) is 14.4 Å². The molecule has 1 atom stereocenters. The highest BCUT2D eigenvalue weighted by Crippen LogP contribution is 2.14. The van der Waals surface area contributed by atoms with Crippen molar-refractivity contribution in [2.24, 2.45) is 0 Å². The van der Waals surface area contributed by atoms with Crippen LogP contribution in [0.15, 0.2) is 48.5 Å². The van der Waals surface area contributed by atoms with Gasteiger partial charge in [-0.05, 0) is 68.7 Å². The fraction of sp³-hybridized carbons (Fsp3) is 0.423. The molecule has 7 nitrogen and oxygen atoms in total. The molecule has 1 unspecified atom stereocenters. The van der Waals surface area contributed by atoms with Gasteiger partial charge in [-0.25, -0.2) is 0 Å². The standard InChI is InChI=1S/C26H36N4O3/c1-5-15-30(16-6-2)26(33)20-11-13-22(14-12-20)27-18-24(31)29-23-10-8-9-21(17-23)25(32)28-19(4)7-3/h8-14,17,19,27H,5-7,15-16,18H2,1-4H3,(H,28,32)(H,29,31). The smallest absolute Gasteiger partial charge is 0.253 e. The maximum Gasteiger partial charge on any atom is 0.253 e. The molecule has 0 heterocycles. The fourth-order valence-corrected chi connectivity index (χ4v) is 3.30. The Hall–Kier alpha value is -3.35. The van der Waals surface area contributed by atoms with E-state index in [2.05, 4.69) is 29.8 Å². The van der Waals surface area contributed by atoms with E-state index in [1.807, 2.05) is 18.7 Å². The van der Waals surface area contributed by atoms with Crippen molar-refractivity contribution in [3.8, 4) is 0 Å². The molecule has 0 bridgehead atoms. The second kappa shape index (κ2) is 13.3. The lowest BCUT2D eigenvalue weighted by Crippen LogP contribution is -2.32. The molecule has 3 amide bonds. The number of carbonyl (C=O) groups is 3. The van der Waals surface area contributed by atoms with Crippen LogP contribution in [-0.4, -0.2) is 48.3 Å². The number of hydrogen-bond acceptors (Lipinski definition) is 4. The van der Waals surface area contributed by atoms with Crippen molar-refractivity contribution in [3.05, 3.63) is 59.7 Å². The minimum atomic E-state index is -0.230. The van der Waals surface area contributed by atoms with Crippen LogP contribution in [0.1, 0.15) is 67.7 Å². The van der Waals surface area contributed by atoms with Crippen molar-refractivity contribution in [2.45, 2.75) is 53.0 Å². The number of hydrogen-bond donors (Lipinski definition) is 3. The van der Waals surface area contributed by atoms with Crippen molar-refractivity contribution in [2.75, 3.05) is 30.3 Å². The van der Waals surface area contributed by atoms with Crippen LogP contribution in [0.25, 0.3) is 0 Å². The summed E-state index contributed by atoms with van der Waals surface area (Å²) in [5.41, 5.74) is 2.45. The van der Waals surface area contributed by atoms with Gasteiger partial charge in [0.05, 0.1) is 6.54 Å². The lowest BCUT2D eigenvalue weighted by Gasteiger charge is -2.21. The number of nitrogens with zero attached hydrogens (tertiary/aromatic N) is 1. The number of nitrogens with one attached hydrogen (secondary N) is 3. The maximum absolute atomic E-state index is 12.7. The Labute approximate surface area is 196 Å². The molecule has 0 fully saturated rings. The highest BCUT2D eigenvalue weighted by molar-refractivity contribution is 5.98.